The molecule has 28 heavy (non-hydrogen) atoms. The summed E-state index contributed by atoms with van der Waals surface area (Å²) in [6.45, 7) is 1.50. The summed E-state index contributed by atoms with van der Waals surface area (Å²) in [4.78, 5) is 26.3. The van der Waals surface area contributed by atoms with Gasteiger partial charge in [0.15, 0.2) is 0 Å². The first-order chi connectivity index (χ1) is 13.6. The molecule has 3 aromatic rings. The van der Waals surface area contributed by atoms with E-state index in [4.69, 9.17) is 0 Å². The van der Waals surface area contributed by atoms with Crippen LogP contribution < -0.4 is 5.32 Å². The van der Waals surface area contributed by atoms with E-state index in [1.54, 1.807) is 23.2 Å². The molecule has 1 aromatic heterocycles. The third kappa shape index (κ3) is 3.52. The molecule has 1 atom stereocenters. The van der Waals surface area contributed by atoms with Crippen LogP contribution in [0.25, 0.3) is 11.8 Å². The highest BCUT2D eigenvalue weighted by atomic mass is 16.2. The van der Waals surface area contributed by atoms with E-state index in [1.165, 1.54) is 17.9 Å². The van der Waals surface area contributed by atoms with Crippen LogP contribution in [0, 0.1) is 0 Å². The van der Waals surface area contributed by atoms with Gasteiger partial charge in [0, 0.05) is 18.8 Å². The minimum absolute atomic E-state index is 0.102. The lowest BCUT2D eigenvalue weighted by Crippen LogP contribution is -2.33. The summed E-state index contributed by atoms with van der Waals surface area (Å²) in [6.07, 6.45) is 5.29. The maximum absolute atomic E-state index is 12.7. The molecular formula is C20H18N6O2. The lowest BCUT2D eigenvalue weighted by molar-refractivity contribution is -0.129. The Kier molecular flexibility index (Phi) is 4.67. The first kappa shape index (κ1) is 17.6. The monoisotopic (exact) mass is 374 g/mol. The second kappa shape index (κ2) is 7.43. The Balaban J connectivity index is 1.49. The number of nitrogens with one attached hydrogen (secondary N) is 1. The fraction of sp³-hybridized carbons (Fsp3) is 0.150. The Labute approximate surface area is 161 Å². The average Bonchev–Trinajstić information content (AvgIpc) is 3.23. The van der Waals surface area contributed by atoms with Crippen LogP contribution in [0.1, 0.15) is 30.5 Å². The summed E-state index contributed by atoms with van der Waals surface area (Å²) < 4.78 is 1.53. The highest BCUT2D eigenvalue weighted by Crippen LogP contribution is 2.33. The van der Waals surface area contributed by atoms with Crippen LogP contribution in [0.2, 0.25) is 0 Å². The van der Waals surface area contributed by atoms with Crippen molar-refractivity contribution in [2.24, 2.45) is 0 Å². The van der Waals surface area contributed by atoms with Gasteiger partial charge in [-0.05, 0) is 51.9 Å². The summed E-state index contributed by atoms with van der Waals surface area (Å²) in [5.41, 5.74) is 3.43. The van der Waals surface area contributed by atoms with Crippen molar-refractivity contribution in [3.05, 3.63) is 72.2 Å². The van der Waals surface area contributed by atoms with Crippen molar-refractivity contribution in [3.63, 3.8) is 0 Å². The van der Waals surface area contributed by atoms with Crippen LogP contribution in [-0.4, -0.2) is 36.9 Å². The van der Waals surface area contributed by atoms with Crippen molar-refractivity contribution in [2.75, 3.05) is 5.32 Å². The summed E-state index contributed by atoms with van der Waals surface area (Å²) >= 11 is 0. The van der Waals surface area contributed by atoms with Crippen LogP contribution in [-0.2, 0) is 9.59 Å². The molecular weight excluding hydrogens is 356 g/mol. The van der Waals surface area contributed by atoms with Gasteiger partial charge in [0.25, 0.3) is 0 Å². The molecule has 0 radical (unpaired) electrons. The van der Waals surface area contributed by atoms with Gasteiger partial charge in [-0.2, -0.15) is 0 Å². The van der Waals surface area contributed by atoms with Crippen molar-refractivity contribution in [2.45, 2.75) is 19.4 Å². The number of tetrazole rings is 1. The lowest BCUT2D eigenvalue weighted by Gasteiger charge is -2.32. The van der Waals surface area contributed by atoms with Crippen molar-refractivity contribution in [1.82, 2.24) is 25.1 Å². The van der Waals surface area contributed by atoms with Crippen LogP contribution in [0.5, 0.6) is 0 Å². The smallest absolute Gasteiger partial charge is 0.226 e. The molecule has 1 aliphatic rings. The molecule has 0 aliphatic carbocycles. The molecule has 2 aromatic carbocycles. The number of anilines is 1. The van der Waals surface area contributed by atoms with E-state index in [0.717, 1.165) is 16.8 Å². The standard InChI is InChI=1S/C20H18N6O2/c1-14(27)25-11-10-15-4-2-3-5-18(15)19(25)12-20(28)22-16-6-8-17(9-7-16)26-13-21-23-24-26/h2-11,13,19H,12H2,1H3,(H,22,28). The molecule has 8 nitrogen and oxygen atoms in total. The van der Waals surface area contributed by atoms with E-state index in [2.05, 4.69) is 20.8 Å². The quantitative estimate of drug-likeness (QED) is 0.758. The molecule has 4 rings (SSSR count). The highest BCUT2D eigenvalue weighted by molar-refractivity contribution is 5.92. The van der Waals surface area contributed by atoms with Gasteiger partial charge in [0.1, 0.15) is 6.33 Å². The van der Waals surface area contributed by atoms with Crippen molar-refractivity contribution in [3.8, 4) is 5.69 Å². The summed E-state index contributed by atoms with van der Waals surface area (Å²) in [5.74, 6) is -0.272. The van der Waals surface area contributed by atoms with Gasteiger partial charge in [-0.15, -0.1) is 5.10 Å². The normalized spacial score (nSPS) is 15.2. The molecule has 1 aliphatic heterocycles. The van der Waals surface area contributed by atoms with Crippen molar-refractivity contribution >= 4 is 23.6 Å². The molecule has 1 unspecified atom stereocenters. The Hall–Kier alpha value is -3.81. The molecule has 0 fully saturated rings. The Bertz CT molecular complexity index is 1030. The van der Waals surface area contributed by atoms with Gasteiger partial charge in [-0.25, -0.2) is 4.68 Å². The number of rotatable bonds is 4. The first-order valence-electron chi connectivity index (χ1n) is 8.81. The lowest BCUT2D eigenvalue weighted by atomic mass is 9.93. The molecule has 0 saturated heterocycles. The number of benzene rings is 2. The third-order valence-corrected chi connectivity index (χ3v) is 4.61. The topological polar surface area (TPSA) is 93.0 Å². The molecule has 0 bridgehead atoms. The van der Waals surface area contributed by atoms with Gasteiger partial charge in [0.2, 0.25) is 11.8 Å². The maximum atomic E-state index is 12.7. The van der Waals surface area contributed by atoms with Gasteiger partial charge in [0.05, 0.1) is 18.2 Å². The number of nitrogens with zero attached hydrogens (tertiary/aromatic N) is 5. The average molecular weight is 374 g/mol. The number of amides is 2. The summed E-state index contributed by atoms with van der Waals surface area (Å²) in [5, 5.41) is 13.9. The van der Waals surface area contributed by atoms with Crippen LogP contribution >= 0.6 is 0 Å². The van der Waals surface area contributed by atoms with Gasteiger partial charge >= 0.3 is 0 Å². The largest absolute Gasteiger partial charge is 0.326 e. The second-order valence-corrected chi connectivity index (χ2v) is 6.44. The fourth-order valence-corrected chi connectivity index (χ4v) is 3.28. The molecule has 2 heterocycles. The van der Waals surface area contributed by atoms with Crippen molar-refractivity contribution < 1.29 is 9.59 Å². The predicted molar refractivity (Wildman–Crippen MR) is 103 cm³/mol. The number of carbonyl (C=O) groups is 2. The molecule has 0 saturated carbocycles. The number of hydrogen-bond acceptors (Lipinski definition) is 5. The van der Waals surface area contributed by atoms with E-state index < -0.39 is 0 Å². The third-order valence-electron chi connectivity index (χ3n) is 4.61. The molecule has 1 N–H and O–H groups in total. The zero-order valence-corrected chi connectivity index (χ0v) is 15.2. The molecule has 0 spiro atoms. The van der Waals surface area contributed by atoms with E-state index in [-0.39, 0.29) is 24.3 Å². The number of fused-ring (bicyclic) bond motifs is 1. The van der Waals surface area contributed by atoms with Crippen molar-refractivity contribution in [1.29, 1.82) is 0 Å². The van der Waals surface area contributed by atoms with E-state index >= 15 is 0 Å². The number of hydrogen-bond donors (Lipinski definition) is 1. The molecule has 2 amide bonds. The molecule has 140 valence electrons. The SMILES string of the molecule is CC(=O)N1C=Cc2ccccc2C1CC(=O)Nc1ccc(-n2cnnn2)cc1. The Morgan fingerprint density at radius 2 is 1.89 bits per heavy atom. The van der Waals surface area contributed by atoms with E-state index in [9.17, 15) is 9.59 Å². The minimum atomic E-state index is -0.334. The van der Waals surface area contributed by atoms with Gasteiger partial charge < -0.3 is 10.2 Å². The maximum Gasteiger partial charge on any atom is 0.226 e. The first-order valence-corrected chi connectivity index (χ1v) is 8.81. The Morgan fingerprint density at radius 1 is 1.11 bits per heavy atom. The van der Waals surface area contributed by atoms with E-state index in [0.29, 0.717) is 5.69 Å². The Morgan fingerprint density at radius 3 is 2.61 bits per heavy atom. The van der Waals surface area contributed by atoms with Gasteiger partial charge in [-0.1, -0.05) is 24.3 Å². The minimum Gasteiger partial charge on any atom is -0.326 e. The van der Waals surface area contributed by atoms with Crippen LogP contribution in [0.4, 0.5) is 5.69 Å². The molecule has 8 heteroatoms. The summed E-state index contributed by atoms with van der Waals surface area (Å²) in [6, 6.07) is 14.6. The van der Waals surface area contributed by atoms with E-state index in [1.807, 2.05) is 42.5 Å². The zero-order chi connectivity index (χ0) is 19.5. The number of carbonyl (C=O) groups excluding carboxylic acids is 2. The zero-order valence-electron chi connectivity index (χ0n) is 15.2. The fourth-order valence-electron chi connectivity index (χ4n) is 3.28. The van der Waals surface area contributed by atoms with Gasteiger partial charge in [-0.3, -0.25) is 9.59 Å². The summed E-state index contributed by atoms with van der Waals surface area (Å²) in [7, 11) is 0. The van der Waals surface area contributed by atoms with Crippen LogP contribution in [0.3, 0.4) is 0 Å². The second-order valence-electron chi connectivity index (χ2n) is 6.44. The predicted octanol–water partition coefficient (Wildman–Crippen LogP) is 2.57. The number of aromatic nitrogens is 4. The van der Waals surface area contributed by atoms with Crippen LogP contribution in [0.15, 0.2) is 61.1 Å². The highest BCUT2D eigenvalue weighted by Gasteiger charge is 2.28.